The number of benzene rings is 1. The molecule has 0 spiro atoms. The molecule has 6 heteroatoms. The van der Waals surface area contributed by atoms with Crippen LogP contribution in [0.2, 0.25) is 0 Å². The van der Waals surface area contributed by atoms with Gasteiger partial charge in [-0.2, -0.15) is 0 Å². The molecule has 0 radical (unpaired) electrons. The second-order valence-corrected chi connectivity index (χ2v) is 3.37. The Morgan fingerprint density at radius 2 is 2.31 bits per heavy atom. The van der Waals surface area contributed by atoms with Crippen LogP contribution in [-0.4, -0.2) is 9.91 Å². The minimum Gasteiger partial charge on any atom is -0.393 e. The molecular formula is C7H5N3O2S. The van der Waals surface area contributed by atoms with Crippen LogP contribution in [0.5, 0.6) is 0 Å². The lowest BCUT2D eigenvalue weighted by Gasteiger charge is -1.95. The maximum Gasteiger partial charge on any atom is 0.294 e. The Kier molecular flexibility index (Phi) is 1.63. The Bertz CT molecular complexity index is 480. The molecule has 0 amide bonds. The van der Waals surface area contributed by atoms with Gasteiger partial charge in [0.15, 0.2) is 0 Å². The molecule has 0 aliphatic carbocycles. The number of nitrogen functional groups attached to an aromatic ring is 1. The second-order valence-electron chi connectivity index (χ2n) is 2.49. The number of nitro groups is 1. The van der Waals surface area contributed by atoms with E-state index in [1.165, 1.54) is 17.4 Å². The first-order chi connectivity index (χ1) is 6.18. The summed E-state index contributed by atoms with van der Waals surface area (Å²) in [4.78, 5) is 13.9. The van der Waals surface area contributed by atoms with Gasteiger partial charge in [0, 0.05) is 6.07 Å². The van der Waals surface area contributed by atoms with Gasteiger partial charge >= 0.3 is 0 Å². The molecular weight excluding hydrogens is 190 g/mol. The zero-order valence-corrected chi connectivity index (χ0v) is 7.25. The summed E-state index contributed by atoms with van der Waals surface area (Å²) in [6, 6.07) is 2.96. The number of nitro benzene ring substituents is 1. The minimum atomic E-state index is -0.506. The summed E-state index contributed by atoms with van der Waals surface area (Å²) in [7, 11) is 0. The van der Waals surface area contributed by atoms with E-state index in [9.17, 15) is 10.1 Å². The topological polar surface area (TPSA) is 82.0 Å². The molecule has 5 nitrogen and oxygen atoms in total. The number of fused-ring (bicyclic) bond motifs is 1. The standard InChI is InChI=1S/C7H5N3O2S/c8-4-1-7-5(9-3-13-7)2-6(4)10(11)12/h1-3H,8H2. The van der Waals surface area contributed by atoms with Crippen molar-refractivity contribution in [2.75, 3.05) is 5.73 Å². The summed E-state index contributed by atoms with van der Waals surface area (Å²) in [5.41, 5.74) is 7.83. The van der Waals surface area contributed by atoms with Gasteiger partial charge in [-0.25, -0.2) is 4.98 Å². The Balaban J connectivity index is 2.76. The average molecular weight is 195 g/mol. The van der Waals surface area contributed by atoms with Crippen molar-refractivity contribution in [3.63, 3.8) is 0 Å². The van der Waals surface area contributed by atoms with Crippen LogP contribution >= 0.6 is 11.3 Å². The van der Waals surface area contributed by atoms with Gasteiger partial charge in [0.25, 0.3) is 5.69 Å². The maximum absolute atomic E-state index is 10.5. The quantitative estimate of drug-likeness (QED) is 0.427. The summed E-state index contributed by atoms with van der Waals surface area (Å²) in [6.45, 7) is 0. The van der Waals surface area contributed by atoms with Crippen molar-refractivity contribution in [2.24, 2.45) is 0 Å². The van der Waals surface area contributed by atoms with E-state index in [1.807, 2.05) is 0 Å². The maximum atomic E-state index is 10.5. The van der Waals surface area contributed by atoms with Gasteiger partial charge in [0.2, 0.25) is 0 Å². The van der Waals surface area contributed by atoms with Crippen LogP contribution in [0.15, 0.2) is 17.6 Å². The molecule has 0 aliphatic heterocycles. The van der Waals surface area contributed by atoms with Crippen molar-refractivity contribution >= 4 is 32.9 Å². The number of thiazole rings is 1. The zero-order chi connectivity index (χ0) is 9.42. The fraction of sp³-hybridized carbons (Fsp3) is 0. The van der Waals surface area contributed by atoms with E-state index in [2.05, 4.69) is 4.98 Å². The summed E-state index contributed by atoms with van der Waals surface area (Å²) in [5.74, 6) is 0. The van der Waals surface area contributed by atoms with Crippen molar-refractivity contribution in [3.8, 4) is 0 Å². The van der Waals surface area contributed by atoms with Gasteiger partial charge in [0.05, 0.1) is 20.7 Å². The SMILES string of the molecule is Nc1cc2scnc2cc1[N+](=O)[O-]. The third-order valence-corrected chi connectivity index (χ3v) is 2.47. The van der Waals surface area contributed by atoms with E-state index in [0.717, 1.165) is 4.70 Å². The smallest absolute Gasteiger partial charge is 0.294 e. The fourth-order valence-corrected chi connectivity index (χ4v) is 1.77. The summed E-state index contributed by atoms with van der Waals surface area (Å²) < 4.78 is 0.864. The van der Waals surface area contributed by atoms with Gasteiger partial charge in [-0.05, 0) is 6.07 Å². The molecule has 1 aromatic heterocycles. The van der Waals surface area contributed by atoms with E-state index in [4.69, 9.17) is 5.73 Å². The lowest BCUT2D eigenvalue weighted by molar-refractivity contribution is -0.383. The summed E-state index contributed by atoms with van der Waals surface area (Å²) >= 11 is 1.41. The van der Waals surface area contributed by atoms with E-state index >= 15 is 0 Å². The van der Waals surface area contributed by atoms with Crippen LogP contribution in [0.1, 0.15) is 0 Å². The van der Waals surface area contributed by atoms with Crippen molar-refractivity contribution in [3.05, 3.63) is 27.8 Å². The Morgan fingerprint density at radius 1 is 1.54 bits per heavy atom. The van der Waals surface area contributed by atoms with Crippen molar-refractivity contribution < 1.29 is 4.92 Å². The molecule has 0 saturated heterocycles. The normalized spacial score (nSPS) is 10.5. The molecule has 2 N–H and O–H groups in total. The summed E-state index contributed by atoms with van der Waals surface area (Å²) in [6.07, 6.45) is 0. The lowest BCUT2D eigenvalue weighted by Crippen LogP contribution is -1.94. The third kappa shape index (κ3) is 1.20. The highest BCUT2D eigenvalue weighted by atomic mass is 32.1. The first kappa shape index (κ1) is 7.93. The molecule has 66 valence electrons. The fourth-order valence-electron chi connectivity index (χ4n) is 1.07. The molecule has 0 atom stereocenters. The number of nitrogens with two attached hydrogens (primary N) is 1. The van der Waals surface area contributed by atoms with Crippen molar-refractivity contribution in [2.45, 2.75) is 0 Å². The first-order valence-electron chi connectivity index (χ1n) is 3.45. The van der Waals surface area contributed by atoms with Gasteiger partial charge in [-0.15, -0.1) is 11.3 Å². The number of aromatic nitrogens is 1. The number of hydrogen-bond acceptors (Lipinski definition) is 5. The van der Waals surface area contributed by atoms with Crippen LogP contribution < -0.4 is 5.73 Å². The van der Waals surface area contributed by atoms with Gasteiger partial charge in [-0.3, -0.25) is 10.1 Å². The zero-order valence-electron chi connectivity index (χ0n) is 6.43. The minimum absolute atomic E-state index is 0.0848. The highest BCUT2D eigenvalue weighted by molar-refractivity contribution is 7.16. The molecule has 1 aromatic carbocycles. The highest BCUT2D eigenvalue weighted by Gasteiger charge is 2.13. The number of nitrogens with zero attached hydrogens (tertiary/aromatic N) is 2. The Hall–Kier alpha value is -1.69. The van der Waals surface area contributed by atoms with Crippen LogP contribution in [-0.2, 0) is 0 Å². The van der Waals surface area contributed by atoms with Crippen molar-refractivity contribution in [1.82, 2.24) is 4.98 Å². The van der Waals surface area contributed by atoms with Crippen molar-refractivity contribution in [1.29, 1.82) is 0 Å². The van der Waals surface area contributed by atoms with Crippen LogP contribution in [0.4, 0.5) is 11.4 Å². The van der Waals surface area contributed by atoms with E-state index < -0.39 is 4.92 Å². The predicted molar refractivity (Wildman–Crippen MR) is 50.7 cm³/mol. The summed E-state index contributed by atoms with van der Waals surface area (Å²) in [5, 5.41) is 10.5. The number of hydrogen-bond donors (Lipinski definition) is 1. The van der Waals surface area contributed by atoms with Gasteiger partial charge in [0.1, 0.15) is 5.69 Å². The average Bonchev–Trinajstić information content (AvgIpc) is 2.48. The van der Waals surface area contributed by atoms with Crippen LogP contribution in [0, 0.1) is 10.1 Å². The molecule has 1 heterocycles. The number of anilines is 1. The van der Waals surface area contributed by atoms with Crippen LogP contribution in [0.3, 0.4) is 0 Å². The number of rotatable bonds is 1. The molecule has 13 heavy (non-hydrogen) atoms. The van der Waals surface area contributed by atoms with Gasteiger partial charge in [-0.1, -0.05) is 0 Å². The van der Waals surface area contributed by atoms with Gasteiger partial charge < -0.3 is 5.73 Å². The molecule has 0 saturated carbocycles. The van der Waals surface area contributed by atoms with E-state index in [1.54, 1.807) is 11.6 Å². The predicted octanol–water partition coefficient (Wildman–Crippen LogP) is 1.79. The molecule has 0 fully saturated rings. The molecule has 2 aromatic rings. The lowest BCUT2D eigenvalue weighted by atomic mass is 10.2. The highest BCUT2D eigenvalue weighted by Crippen LogP contribution is 2.28. The monoisotopic (exact) mass is 195 g/mol. The largest absolute Gasteiger partial charge is 0.393 e. The molecule has 0 unspecified atom stereocenters. The third-order valence-electron chi connectivity index (χ3n) is 1.68. The van der Waals surface area contributed by atoms with Crippen LogP contribution in [0.25, 0.3) is 10.2 Å². The van der Waals surface area contributed by atoms with E-state index in [0.29, 0.717) is 5.52 Å². The Morgan fingerprint density at radius 3 is 3.00 bits per heavy atom. The first-order valence-corrected chi connectivity index (χ1v) is 4.33. The second kappa shape index (κ2) is 2.67. The molecule has 0 aliphatic rings. The molecule has 2 rings (SSSR count). The Labute approximate surface area is 77.0 Å². The molecule has 0 bridgehead atoms. The van der Waals surface area contributed by atoms with E-state index in [-0.39, 0.29) is 11.4 Å².